The molecule has 6 nitrogen and oxygen atoms in total. The van der Waals surface area contributed by atoms with E-state index in [1.54, 1.807) is 18.3 Å². The van der Waals surface area contributed by atoms with E-state index < -0.39 is 0 Å². The zero-order valence-electron chi connectivity index (χ0n) is 13.4. The maximum Gasteiger partial charge on any atom is 0.259 e. The van der Waals surface area contributed by atoms with Crippen molar-refractivity contribution >= 4 is 17.2 Å². The lowest BCUT2D eigenvalue weighted by molar-refractivity contribution is 0.0102. The van der Waals surface area contributed by atoms with E-state index in [0.717, 1.165) is 49.8 Å². The van der Waals surface area contributed by atoms with Crippen LogP contribution in [0.25, 0.3) is 0 Å². The highest BCUT2D eigenvalue weighted by Gasteiger charge is 2.49. The summed E-state index contributed by atoms with van der Waals surface area (Å²) in [6.45, 7) is 8.58. The number of carbonyl (C=O) groups is 1. The van der Waals surface area contributed by atoms with Gasteiger partial charge in [0.1, 0.15) is 11.8 Å². The minimum absolute atomic E-state index is 0.0444. The third-order valence-corrected chi connectivity index (χ3v) is 5.71. The van der Waals surface area contributed by atoms with E-state index in [0.29, 0.717) is 11.3 Å². The van der Waals surface area contributed by atoms with Gasteiger partial charge in [0.2, 0.25) is 0 Å². The molecule has 0 bridgehead atoms. The van der Waals surface area contributed by atoms with Crippen LogP contribution in [0.2, 0.25) is 0 Å². The molecule has 2 aliphatic rings. The van der Waals surface area contributed by atoms with Crippen molar-refractivity contribution in [1.29, 1.82) is 0 Å². The molecular weight excluding hydrogens is 312 g/mol. The highest BCUT2D eigenvalue weighted by molar-refractivity contribution is 7.09. The predicted molar refractivity (Wildman–Crippen MR) is 86.3 cm³/mol. The summed E-state index contributed by atoms with van der Waals surface area (Å²) in [6, 6.07) is 0. The van der Waals surface area contributed by atoms with Gasteiger partial charge in [0.25, 0.3) is 5.91 Å². The SMILES string of the molecule is Cc1nc(CN2CCC3(C2)CN(C(=O)c2conc2C)C3)cs1. The van der Waals surface area contributed by atoms with Crippen molar-refractivity contribution in [3.05, 3.63) is 33.6 Å². The first-order chi connectivity index (χ1) is 11.0. The fourth-order valence-electron chi connectivity index (χ4n) is 3.71. The Balaban J connectivity index is 1.34. The molecule has 2 saturated heterocycles. The van der Waals surface area contributed by atoms with Crippen LogP contribution in [-0.4, -0.2) is 52.0 Å². The van der Waals surface area contributed by atoms with Crippen LogP contribution < -0.4 is 0 Å². The monoisotopic (exact) mass is 332 g/mol. The molecule has 0 saturated carbocycles. The third-order valence-electron chi connectivity index (χ3n) is 4.89. The molecule has 2 aromatic rings. The van der Waals surface area contributed by atoms with Gasteiger partial charge in [-0.25, -0.2) is 4.98 Å². The number of carbonyl (C=O) groups excluding carboxylic acids is 1. The van der Waals surface area contributed by atoms with Crippen molar-refractivity contribution < 1.29 is 9.32 Å². The molecule has 0 N–H and O–H groups in total. The molecule has 2 aromatic heterocycles. The lowest BCUT2D eigenvalue weighted by Gasteiger charge is -2.48. The molecule has 4 heterocycles. The molecule has 7 heteroatoms. The van der Waals surface area contributed by atoms with E-state index in [2.05, 4.69) is 20.4 Å². The van der Waals surface area contributed by atoms with Gasteiger partial charge in [0.15, 0.2) is 0 Å². The van der Waals surface area contributed by atoms with E-state index in [4.69, 9.17) is 4.52 Å². The molecule has 4 rings (SSSR count). The summed E-state index contributed by atoms with van der Waals surface area (Å²) in [5.74, 6) is 0.0444. The van der Waals surface area contributed by atoms with Gasteiger partial charge in [-0.3, -0.25) is 9.69 Å². The summed E-state index contributed by atoms with van der Waals surface area (Å²) < 4.78 is 4.88. The number of aryl methyl sites for hydroxylation is 2. The first-order valence-corrected chi connectivity index (χ1v) is 8.76. The molecule has 0 aromatic carbocycles. The molecule has 1 spiro atoms. The molecule has 0 atom stereocenters. The normalized spacial score (nSPS) is 20.2. The second-order valence-corrected chi connectivity index (χ2v) is 7.86. The molecule has 122 valence electrons. The lowest BCUT2D eigenvalue weighted by atomic mass is 9.78. The Morgan fingerprint density at radius 3 is 2.87 bits per heavy atom. The standard InChI is InChI=1S/C16H20N4O2S/c1-11-14(6-22-18-11)15(21)20-9-16(10-20)3-4-19(8-16)5-13-7-23-12(2)17-13/h6-7H,3-5,8-10H2,1-2H3. The van der Waals surface area contributed by atoms with Crippen LogP contribution >= 0.6 is 11.3 Å². The maximum absolute atomic E-state index is 12.4. The topological polar surface area (TPSA) is 62.5 Å². The number of likely N-dealkylation sites (tertiary alicyclic amines) is 2. The molecule has 23 heavy (non-hydrogen) atoms. The van der Waals surface area contributed by atoms with Gasteiger partial charge >= 0.3 is 0 Å². The van der Waals surface area contributed by atoms with Crippen LogP contribution in [0.3, 0.4) is 0 Å². The van der Waals surface area contributed by atoms with Crippen LogP contribution in [0.5, 0.6) is 0 Å². The molecular formula is C16H20N4O2S. The van der Waals surface area contributed by atoms with Crippen LogP contribution in [0.15, 0.2) is 16.2 Å². The number of hydrogen-bond acceptors (Lipinski definition) is 6. The second-order valence-electron chi connectivity index (χ2n) is 6.79. The van der Waals surface area contributed by atoms with E-state index in [1.165, 1.54) is 6.26 Å². The Morgan fingerprint density at radius 2 is 2.22 bits per heavy atom. The minimum atomic E-state index is 0.0444. The number of nitrogens with zero attached hydrogens (tertiary/aromatic N) is 4. The van der Waals surface area contributed by atoms with Crippen molar-refractivity contribution in [1.82, 2.24) is 19.9 Å². The Kier molecular flexibility index (Phi) is 3.50. The van der Waals surface area contributed by atoms with Gasteiger partial charge in [0, 0.05) is 37.0 Å². The van der Waals surface area contributed by atoms with Crippen LogP contribution in [0, 0.1) is 19.3 Å². The average Bonchev–Trinajstić information content (AvgIpc) is 3.18. The minimum Gasteiger partial charge on any atom is -0.364 e. The smallest absolute Gasteiger partial charge is 0.259 e. The van der Waals surface area contributed by atoms with Gasteiger partial charge in [-0.2, -0.15) is 0 Å². The predicted octanol–water partition coefficient (Wildman–Crippen LogP) is 2.10. The Labute approximate surface area is 139 Å². The molecule has 2 fully saturated rings. The van der Waals surface area contributed by atoms with E-state index >= 15 is 0 Å². The number of amides is 1. The van der Waals surface area contributed by atoms with E-state index in [-0.39, 0.29) is 11.3 Å². The van der Waals surface area contributed by atoms with Crippen LogP contribution in [0.4, 0.5) is 0 Å². The highest BCUT2D eigenvalue weighted by Crippen LogP contribution is 2.40. The Morgan fingerprint density at radius 1 is 1.39 bits per heavy atom. The number of aromatic nitrogens is 2. The van der Waals surface area contributed by atoms with Gasteiger partial charge in [0.05, 0.1) is 16.4 Å². The number of thiazole rings is 1. The van der Waals surface area contributed by atoms with Crippen molar-refractivity contribution in [3.8, 4) is 0 Å². The summed E-state index contributed by atoms with van der Waals surface area (Å²) in [6.07, 6.45) is 2.61. The number of hydrogen-bond donors (Lipinski definition) is 0. The van der Waals surface area contributed by atoms with Crippen LogP contribution in [-0.2, 0) is 6.54 Å². The fraction of sp³-hybridized carbons (Fsp3) is 0.562. The van der Waals surface area contributed by atoms with Gasteiger partial charge in [-0.05, 0) is 26.8 Å². The first kappa shape index (κ1) is 14.8. The van der Waals surface area contributed by atoms with Gasteiger partial charge < -0.3 is 9.42 Å². The van der Waals surface area contributed by atoms with Crippen LogP contribution in [0.1, 0.15) is 33.2 Å². The zero-order valence-corrected chi connectivity index (χ0v) is 14.2. The van der Waals surface area contributed by atoms with E-state index in [9.17, 15) is 4.79 Å². The summed E-state index contributed by atoms with van der Waals surface area (Å²) in [4.78, 5) is 21.3. The molecule has 0 unspecified atom stereocenters. The lowest BCUT2D eigenvalue weighted by Crippen LogP contribution is -2.59. The quantitative estimate of drug-likeness (QED) is 0.861. The molecule has 1 amide bonds. The maximum atomic E-state index is 12.4. The van der Waals surface area contributed by atoms with Crippen molar-refractivity contribution in [2.45, 2.75) is 26.8 Å². The molecule has 2 aliphatic heterocycles. The number of rotatable bonds is 3. The molecule has 0 aliphatic carbocycles. The second kappa shape index (κ2) is 5.42. The highest BCUT2D eigenvalue weighted by atomic mass is 32.1. The summed E-state index contributed by atoms with van der Waals surface area (Å²) in [5, 5.41) is 7.06. The van der Waals surface area contributed by atoms with Crippen molar-refractivity contribution in [2.24, 2.45) is 5.41 Å². The summed E-state index contributed by atoms with van der Waals surface area (Å²) >= 11 is 1.71. The van der Waals surface area contributed by atoms with Crippen molar-refractivity contribution in [2.75, 3.05) is 26.2 Å². The summed E-state index contributed by atoms with van der Waals surface area (Å²) in [5.41, 5.74) is 2.69. The Hall–Kier alpha value is -1.73. The Bertz CT molecular complexity index is 732. The molecule has 0 radical (unpaired) electrons. The third kappa shape index (κ3) is 2.68. The summed E-state index contributed by atoms with van der Waals surface area (Å²) in [7, 11) is 0. The fourth-order valence-corrected chi connectivity index (χ4v) is 4.31. The zero-order chi connectivity index (χ0) is 16.0. The van der Waals surface area contributed by atoms with Gasteiger partial charge in [-0.15, -0.1) is 11.3 Å². The van der Waals surface area contributed by atoms with E-state index in [1.807, 2.05) is 11.8 Å². The largest absolute Gasteiger partial charge is 0.364 e. The van der Waals surface area contributed by atoms with Crippen molar-refractivity contribution in [3.63, 3.8) is 0 Å². The average molecular weight is 332 g/mol. The van der Waals surface area contributed by atoms with Gasteiger partial charge in [-0.1, -0.05) is 5.16 Å². The first-order valence-electron chi connectivity index (χ1n) is 7.88.